The molecule has 0 aromatic heterocycles. The first-order valence-electron chi connectivity index (χ1n) is 5.85. The normalized spacial score (nSPS) is 11.4. The van der Waals surface area contributed by atoms with E-state index in [1.807, 2.05) is 54.6 Å². The minimum absolute atomic E-state index is 0.712. The number of hydrogen-bond acceptors (Lipinski definition) is 1. The maximum atomic E-state index is 11.2. The monoisotopic (exact) mass is 378 g/mol. The Bertz CT molecular complexity index is 600. The van der Waals surface area contributed by atoms with Gasteiger partial charge in [-0.05, 0) is 41.8 Å². The Labute approximate surface area is 129 Å². The number of allylic oxidation sites excluding steroid dienone is 2. The number of halogens is 2. The van der Waals surface area contributed by atoms with Gasteiger partial charge in [-0.3, -0.25) is 4.79 Å². The van der Waals surface area contributed by atoms with Gasteiger partial charge in [0.25, 0.3) is 0 Å². The minimum Gasteiger partial charge on any atom is -0.298 e. The van der Waals surface area contributed by atoms with Gasteiger partial charge in [-0.15, -0.1) is 0 Å². The van der Waals surface area contributed by atoms with Crippen molar-refractivity contribution in [3.63, 3.8) is 0 Å². The molecule has 2 rings (SSSR count). The molecule has 0 radical (unpaired) electrons. The third kappa shape index (κ3) is 4.15. The molecular weight excluding hydrogens is 368 g/mol. The van der Waals surface area contributed by atoms with Crippen molar-refractivity contribution in [3.8, 4) is 0 Å². The van der Waals surface area contributed by atoms with E-state index < -0.39 is 0 Å². The minimum atomic E-state index is 0.712. The molecule has 19 heavy (non-hydrogen) atoms. The third-order valence-corrected chi connectivity index (χ3v) is 3.78. The largest absolute Gasteiger partial charge is 0.298 e. The van der Waals surface area contributed by atoms with Gasteiger partial charge in [0, 0.05) is 14.5 Å². The first-order valence-corrected chi connectivity index (χ1v) is 7.43. The summed E-state index contributed by atoms with van der Waals surface area (Å²) in [5.74, 6) is 0. The van der Waals surface area contributed by atoms with Crippen LogP contribution in [0.2, 0.25) is 0 Å². The molecule has 0 saturated heterocycles. The Morgan fingerprint density at radius 1 is 1.00 bits per heavy atom. The summed E-state index contributed by atoms with van der Waals surface area (Å²) in [6, 6.07) is 15.9. The SMILES string of the molecule is O=CC(=CCc1ccc(Br)cc1)c1cccc(Br)c1. The van der Waals surface area contributed by atoms with Crippen LogP contribution in [0.5, 0.6) is 0 Å². The van der Waals surface area contributed by atoms with Crippen LogP contribution in [0.25, 0.3) is 5.57 Å². The smallest absolute Gasteiger partial charge is 0.150 e. The summed E-state index contributed by atoms with van der Waals surface area (Å²) >= 11 is 6.82. The van der Waals surface area contributed by atoms with Crippen molar-refractivity contribution < 1.29 is 4.79 Å². The third-order valence-electron chi connectivity index (χ3n) is 2.76. The topological polar surface area (TPSA) is 17.1 Å². The molecule has 3 heteroatoms. The lowest BCUT2D eigenvalue weighted by Gasteiger charge is -2.02. The predicted molar refractivity (Wildman–Crippen MR) is 86.0 cm³/mol. The Hall–Kier alpha value is -1.19. The van der Waals surface area contributed by atoms with Gasteiger partial charge in [0.2, 0.25) is 0 Å². The average Bonchev–Trinajstić information content (AvgIpc) is 2.42. The summed E-state index contributed by atoms with van der Waals surface area (Å²) < 4.78 is 2.03. The van der Waals surface area contributed by atoms with E-state index in [4.69, 9.17) is 0 Å². The summed E-state index contributed by atoms with van der Waals surface area (Å²) in [4.78, 5) is 11.2. The van der Waals surface area contributed by atoms with Crippen molar-refractivity contribution in [2.24, 2.45) is 0 Å². The lowest BCUT2D eigenvalue weighted by molar-refractivity contribution is -0.103. The second-order valence-electron chi connectivity index (χ2n) is 4.12. The number of carbonyl (C=O) groups is 1. The van der Waals surface area contributed by atoms with E-state index in [1.54, 1.807) is 0 Å². The van der Waals surface area contributed by atoms with Gasteiger partial charge in [-0.2, -0.15) is 0 Å². The number of aldehydes is 1. The molecule has 96 valence electrons. The van der Waals surface area contributed by atoms with Crippen molar-refractivity contribution in [1.82, 2.24) is 0 Å². The number of hydrogen-bond donors (Lipinski definition) is 0. The highest BCUT2D eigenvalue weighted by molar-refractivity contribution is 9.10. The van der Waals surface area contributed by atoms with E-state index in [0.29, 0.717) is 5.57 Å². The Morgan fingerprint density at radius 3 is 2.37 bits per heavy atom. The van der Waals surface area contributed by atoms with E-state index in [2.05, 4.69) is 31.9 Å². The standard InChI is InChI=1S/C16H12Br2O/c17-15-8-5-12(6-9-15)4-7-14(11-19)13-2-1-3-16(18)10-13/h1-3,5-11H,4H2. The first kappa shape index (κ1) is 14.2. The summed E-state index contributed by atoms with van der Waals surface area (Å²) in [6.07, 6.45) is 3.60. The molecule has 1 nitrogen and oxygen atoms in total. The lowest BCUT2D eigenvalue weighted by atomic mass is 10.0. The lowest BCUT2D eigenvalue weighted by Crippen LogP contribution is -1.88. The van der Waals surface area contributed by atoms with E-state index in [9.17, 15) is 4.79 Å². The second kappa shape index (κ2) is 6.83. The molecule has 0 heterocycles. The van der Waals surface area contributed by atoms with Crippen molar-refractivity contribution in [1.29, 1.82) is 0 Å². The fraction of sp³-hybridized carbons (Fsp3) is 0.0625. The van der Waals surface area contributed by atoms with Crippen molar-refractivity contribution in [2.75, 3.05) is 0 Å². The Balaban J connectivity index is 2.20. The highest BCUT2D eigenvalue weighted by Gasteiger charge is 2.01. The second-order valence-corrected chi connectivity index (χ2v) is 5.95. The van der Waals surface area contributed by atoms with E-state index >= 15 is 0 Å². The molecule has 0 spiro atoms. The molecule has 0 bridgehead atoms. The van der Waals surface area contributed by atoms with E-state index in [-0.39, 0.29) is 0 Å². The zero-order valence-electron chi connectivity index (χ0n) is 10.1. The molecule has 0 N–H and O–H groups in total. The fourth-order valence-electron chi connectivity index (χ4n) is 1.75. The van der Waals surface area contributed by atoms with Gasteiger partial charge in [-0.25, -0.2) is 0 Å². The van der Waals surface area contributed by atoms with Gasteiger partial charge in [0.05, 0.1) is 0 Å². The van der Waals surface area contributed by atoms with Crippen LogP contribution in [0.1, 0.15) is 11.1 Å². The van der Waals surface area contributed by atoms with Crippen molar-refractivity contribution in [2.45, 2.75) is 6.42 Å². The summed E-state index contributed by atoms with van der Waals surface area (Å²) in [7, 11) is 0. The Morgan fingerprint density at radius 2 is 1.74 bits per heavy atom. The molecule has 0 aliphatic rings. The van der Waals surface area contributed by atoms with Crippen molar-refractivity contribution >= 4 is 43.7 Å². The van der Waals surface area contributed by atoms with Gasteiger partial charge in [0.1, 0.15) is 6.29 Å². The first-order chi connectivity index (χ1) is 9.19. The van der Waals surface area contributed by atoms with Crippen LogP contribution in [0.4, 0.5) is 0 Å². The van der Waals surface area contributed by atoms with E-state index in [1.165, 1.54) is 5.56 Å². The predicted octanol–water partition coefficient (Wildman–Crippen LogP) is 5.04. The Kier molecular flexibility index (Phi) is 5.11. The molecule has 0 fully saturated rings. The molecule has 0 amide bonds. The van der Waals surface area contributed by atoms with Crippen molar-refractivity contribution in [3.05, 3.63) is 74.7 Å². The highest BCUT2D eigenvalue weighted by Crippen LogP contribution is 2.19. The van der Waals surface area contributed by atoms with Gasteiger partial charge >= 0.3 is 0 Å². The average molecular weight is 380 g/mol. The molecule has 2 aromatic rings. The summed E-state index contributed by atoms with van der Waals surface area (Å²) in [6.45, 7) is 0. The van der Waals surface area contributed by atoms with E-state index in [0.717, 1.165) is 27.2 Å². The summed E-state index contributed by atoms with van der Waals surface area (Å²) in [5.41, 5.74) is 2.82. The van der Waals surface area contributed by atoms with Crippen LogP contribution in [-0.2, 0) is 11.2 Å². The molecule has 0 atom stereocenters. The molecule has 0 saturated carbocycles. The van der Waals surface area contributed by atoms with Crippen LogP contribution in [0.15, 0.2) is 63.6 Å². The van der Waals surface area contributed by atoms with Crippen LogP contribution in [0.3, 0.4) is 0 Å². The van der Waals surface area contributed by atoms with Gasteiger partial charge in [0.15, 0.2) is 0 Å². The molecule has 0 aliphatic carbocycles. The quantitative estimate of drug-likeness (QED) is 0.537. The number of rotatable bonds is 4. The molecular formula is C16H12Br2O. The van der Waals surface area contributed by atoms with Crippen LogP contribution < -0.4 is 0 Å². The molecule has 0 aliphatic heterocycles. The van der Waals surface area contributed by atoms with Crippen LogP contribution in [-0.4, -0.2) is 6.29 Å². The highest BCUT2D eigenvalue weighted by atomic mass is 79.9. The summed E-state index contributed by atoms with van der Waals surface area (Å²) in [5, 5.41) is 0. The fourth-order valence-corrected chi connectivity index (χ4v) is 2.41. The zero-order chi connectivity index (χ0) is 13.7. The number of carbonyl (C=O) groups excluding carboxylic acids is 1. The van der Waals surface area contributed by atoms with Crippen LogP contribution in [0, 0.1) is 0 Å². The van der Waals surface area contributed by atoms with Gasteiger partial charge < -0.3 is 0 Å². The zero-order valence-corrected chi connectivity index (χ0v) is 13.3. The van der Waals surface area contributed by atoms with Crippen LogP contribution >= 0.6 is 31.9 Å². The maximum Gasteiger partial charge on any atom is 0.150 e. The number of benzene rings is 2. The van der Waals surface area contributed by atoms with Gasteiger partial charge in [-0.1, -0.05) is 62.2 Å². The molecule has 2 aromatic carbocycles. The molecule has 0 unspecified atom stereocenters. The maximum absolute atomic E-state index is 11.2.